The second-order valence-corrected chi connectivity index (χ2v) is 12.8. The highest BCUT2D eigenvalue weighted by atomic mass is 19.4. The van der Waals surface area contributed by atoms with Crippen LogP contribution in [-0.4, -0.2) is 59.7 Å². The lowest BCUT2D eigenvalue weighted by Gasteiger charge is -2.32. The highest BCUT2D eigenvalue weighted by Crippen LogP contribution is 2.35. The molecule has 274 valence electrons. The molecular formula is C39H40F3N3O7. The summed E-state index contributed by atoms with van der Waals surface area (Å²) in [7, 11) is 1.25. The fourth-order valence-electron chi connectivity index (χ4n) is 5.97. The Kier molecular flexibility index (Phi) is 12.2. The van der Waals surface area contributed by atoms with Gasteiger partial charge in [0.05, 0.1) is 31.2 Å². The van der Waals surface area contributed by atoms with E-state index in [1.165, 1.54) is 48.4 Å². The number of rotatable bonds is 13. The number of benzene rings is 4. The number of carboxylic acids is 1. The van der Waals surface area contributed by atoms with E-state index in [0.29, 0.717) is 28.4 Å². The van der Waals surface area contributed by atoms with Crippen molar-refractivity contribution in [3.8, 4) is 11.5 Å². The van der Waals surface area contributed by atoms with Crippen LogP contribution in [-0.2, 0) is 28.7 Å². The fourth-order valence-corrected chi connectivity index (χ4v) is 5.97. The molecule has 3 N–H and O–H groups in total. The molecular weight excluding hydrogens is 679 g/mol. The molecule has 0 saturated carbocycles. The lowest BCUT2D eigenvalue weighted by atomic mass is 9.99. The zero-order chi connectivity index (χ0) is 37.4. The number of aliphatic hydroxyl groups is 1. The topological polar surface area (TPSA) is 129 Å². The van der Waals surface area contributed by atoms with E-state index in [4.69, 9.17) is 9.47 Å². The number of methoxy groups -OCH3 is 1. The van der Waals surface area contributed by atoms with Crippen molar-refractivity contribution in [3.63, 3.8) is 0 Å². The van der Waals surface area contributed by atoms with E-state index >= 15 is 0 Å². The minimum Gasteiger partial charge on any atom is -0.497 e. The predicted molar refractivity (Wildman–Crippen MR) is 188 cm³/mol. The SMILES string of the molecule is COc1ccc(CC(=O)Nc2ccc(C(O)N(CC(=O)O)Cc3ccc(OC(=O)c4ccc(N5CCC(C)CC5)cc4)cc3)cc2)c(C(F)(F)F)c1. The molecule has 52 heavy (non-hydrogen) atoms. The Bertz CT molecular complexity index is 1840. The summed E-state index contributed by atoms with van der Waals surface area (Å²) < 4.78 is 51.1. The number of aliphatic hydroxyl groups excluding tert-OH is 1. The van der Waals surface area contributed by atoms with Gasteiger partial charge in [-0.2, -0.15) is 13.2 Å². The number of halogens is 3. The molecule has 1 saturated heterocycles. The predicted octanol–water partition coefficient (Wildman–Crippen LogP) is 6.93. The molecule has 1 aliphatic heterocycles. The van der Waals surface area contributed by atoms with Crippen LogP contribution in [0.1, 0.15) is 58.6 Å². The summed E-state index contributed by atoms with van der Waals surface area (Å²) >= 11 is 0. The number of nitrogens with zero attached hydrogens (tertiary/aromatic N) is 2. The summed E-state index contributed by atoms with van der Waals surface area (Å²) in [4.78, 5) is 40.7. The summed E-state index contributed by atoms with van der Waals surface area (Å²) in [5.41, 5.74) is 1.51. The third kappa shape index (κ3) is 10.1. The second-order valence-electron chi connectivity index (χ2n) is 12.8. The number of carbonyl (C=O) groups excluding carboxylic acids is 2. The van der Waals surface area contributed by atoms with Gasteiger partial charge in [0.25, 0.3) is 0 Å². The van der Waals surface area contributed by atoms with E-state index in [0.717, 1.165) is 37.7 Å². The number of amides is 1. The molecule has 0 aromatic heterocycles. The number of carboxylic acid groups (broad SMARTS) is 1. The second kappa shape index (κ2) is 16.7. The third-order valence-corrected chi connectivity index (χ3v) is 8.92. The standard InChI is InChI=1S/C39H40F3N3O7/c1-25-17-19-44(20-18-25)31-12-7-28(8-13-31)38(50)52-32-14-3-26(4-15-32)23-45(24-36(47)48)37(49)27-5-10-30(11-6-27)43-35(46)21-29-9-16-33(51-2)22-34(29)39(40,41)42/h3-16,22,25,37,49H,17-21,23-24H2,1-2H3,(H,43,46)(H,47,48). The van der Waals surface area contributed by atoms with Gasteiger partial charge in [0.1, 0.15) is 17.7 Å². The first-order valence-electron chi connectivity index (χ1n) is 16.7. The van der Waals surface area contributed by atoms with Gasteiger partial charge < -0.3 is 29.9 Å². The Morgan fingerprint density at radius 3 is 2.15 bits per heavy atom. The van der Waals surface area contributed by atoms with Crippen molar-refractivity contribution in [2.45, 2.75) is 45.1 Å². The highest BCUT2D eigenvalue weighted by molar-refractivity contribution is 5.92. The number of aliphatic carboxylic acids is 1. The quantitative estimate of drug-likeness (QED) is 0.0766. The summed E-state index contributed by atoms with van der Waals surface area (Å²) in [5.74, 6) is -1.35. The van der Waals surface area contributed by atoms with Crippen molar-refractivity contribution in [2.75, 3.05) is 37.0 Å². The molecule has 13 heteroatoms. The first-order chi connectivity index (χ1) is 24.8. The Hall–Kier alpha value is -5.40. The highest BCUT2D eigenvalue weighted by Gasteiger charge is 2.34. The largest absolute Gasteiger partial charge is 0.497 e. The molecule has 1 fully saturated rings. The normalized spacial score (nSPS) is 14.2. The Morgan fingerprint density at radius 1 is 0.923 bits per heavy atom. The molecule has 10 nitrogen and oxygen atoms in total. The molecule has 4 aromatic rings. The molecule has 1 unspecified atom stereocenters. The van der Waals surface area contributed by atoms with Crippen LogP contribution < -0.4 is 19.7 Å². The van der Waals surface area contributed by atoms with E-state index in [-0.39, 0.29) is 23.5 Å². The van der Waals surface area contributed by atoms with Gasteiger partial charge in [-0.1, -0.05) is 37.3 Å². The molecule has 4 aromatic carbocycles. The van der Waals surface area contributed by atoms with E-state index < -0.39 is 48.8 Å². The number of piperidine rings is 1. The van der Waals surface area contributed by atoms with Crippen molar-refractivity contribution >= 4 is 29.2 Å². The molecule has 0 spiro atoms. The van der Waals surface area contributed by atoms with E-state index in [1.807, 2.05) is 12.1 Å². The Balaban J connectivity index is 1.17. The van der Waals surface area contributed by atoms with Crippen LogP contribution in [0, 0.1) is 5.92 Å². The van der Waals surface area contributed by atoms with Crippen molar-refractivity contribution in [2.24, 2.45) is 5.92 Å². The molecule has 1 atom stereocenters. The minimum atomic E-state index is -4.68. The van der Waals surface area contributed by atoms with Crippen LogP contribution in [0.2, 0.25) is 0 Å². The van der Waals surface area contributed by atoms with Crippen LogP contribution in [0.4, 0.5) is 24.5 Å². The number of hydrogen-bond donors (Lipinski definition) is 3. The maximum atomic E-state index is 13.6. The first kappa shape index (κ1) is 37.8. The number of hydrogen-bond acceptors (Lipinski definition) is 8. The number of carbonyl (C=O) groups is 3. The summed E-state index contributed by atoms with van der Waals surface area (Å²) in [6.07, 6.45) is -4.31. The Morgan fingerprint density at radius 2 is 1.56 bits per heavy atom. The van der Waals surface area contributed by atoms with Crippen LogP contribution in [0.25, 0.3) is 0 Å². The van der Waals surface area contributed by atoms with Crippen LogP contribution in [0.5, 0.6) is 11.5 Å². The fraction of sp³-hybridized carbons (Fsp3) is 0.308. The lowest BCUT2D eigenvalue weighted by molar-refractivity contribution is -0.142. The van der Waals surface area contributed by atoms with Gasteiger partial charge in [-0.3, -0.25) is 14.5 Å². The summed E-state index contributed by atoms with van der Waals surface area (Å²) in [6, 6.07) is 23.1. The number of alkyl halides is 3. The number of esters is 1. The van der Waals surface area contributed by atoms with Crippen LogP contribution >= 0.6 is 0 Å². The minimum absolute atomic E-state index is 0.0139. The van der Waals surface area contributed by atoms with Crippen molar-refractivity contribution in [3.05, 3.63) is 119 Å². The van der Waals surface area contributed by atoms with Gasteiger partial charge in [0.2, 0.25) is 5.91 Å². The molecule has 0 radical (unpaired) electrons. The number of nitrogens with one attached hydrogen (secondary N) is 1. The van der Waals surface area contributed by atoms with Crippen LogP contribution in [0.3, 0.4) is 0 Å². The zero-order valence-electron chi connectivity index (χ0n) is 28.7. The third-order valence-electron chi connectivity index (χ3n) is 8.92. The van der Waals surface area contributed by atoms with Crippen LogP contribution in [0.15, 0.2) is 91.0 Å². The van der Waals surface area contributed by atoms with Gasteiger partial charge >= 0.3 is 18.1 Å². The average molecular weight is 720 g/mol. The maximum Gasteiger partial charge on any atom is 0.416 e. The first-order valence-corrected chi connectivity index (χ1v) is 16.7. The van der Waals surface area contributed by atoms with Gasteiger partial charge in [-0.15, -0.1) is 0 Å². The van der Waals surface area contributed by atoms with Crippen molar-refractivity contribution < 1.29 is 47.2 Å². The summed E-state index contributed by atoms with van der Waals surface area (Å²) in [5, 5.41) is 23.2. The lowest BCUT2D eigenvalue weighted by Crippen LogP contribution is -2.33. The molecule has 1 heterocycles. The molecule has 1 amide bonds. The molecule has 5 rings (SSSR count). The zero-order valence-corrected chi connectivity index (χ0v) is 28.7. The number of anilines is 2. The van der Waals surface area contributed by atoms with Gasteiger partial charge in [0, 0.05) is 31.0 Å². The van der Waals surface area contributed by atoms with E-state index in [1.54, 1.807) is 36.4 Å². The van der Waals surface area contributed by atoms with Gasteiger partial charge in [0.15, 0.2) is 0 Å². The monoisotopic (exact) mass is 719 g/mol. The van der Waals surface area contributed by atoms with E-state index in [9.17, 15) is 37.8 Å². The summed E-state index contributed by atoms with van der Waals surface area (Å²) in [6.45, 7) is 3.74. The number of ether oxygens (including phenoxy) is 2. The van der Waals surface area contributed by atoms with Crippen molar-refractivity contribution in [1.82, 2.24) is 4.90 Å². The van der Waals surface area contributed by atoms with Crippen molar-refractivity contribution in [1.29, 1.82) is 0 Å². The Labute approximate surface area is 299 Å². The molecule has 0 bridgehead atoms. The average Bonchev–Trinajstić information content (AvgIpc) is 3.12. The molecule has 1 aliphatic rings. The maximum absolute atomic E-state index is 13.6. The van der Waals surface area contributed by atoms with Gasteiger partial charge in [-0.25, -0.2) is 4.79 Å². The molecule has 0 aliphatic carbocycles. The van der Waals surface area contributed by atoms with Gasteiger partial charge in [-0.05, 0) is 96.1 Å². The van der Waals surface area contributed by atoms with E-state index in [2.05, 4.69) is 17.1 Å². The smallest absolute Gasteiger partial charge is 0.416 e.